The Kier molecular flexibility index (Phi) is 1.83. The number of hydrogen-bond donors (Lipinski definition) is 1. The molecule has 0 radical (unpaired) electrons. The Balaban J connectivity index is 1.95. The third kappa shape index (κ3) is 1.04. The number of rotatable bonds is 1. The molecule has 1 heterocycles. The van der Waals surface area contributed by atoms with E-state index >= 15 is 0 Å². The molecular formula is C9H15NO2. The first-order chi connectivity index (χ1) is 5.70. The van der Waals surface area contributed by atoms with Crippen LogP contribution in [0, 0.1) is 5.92 Å². The van der Waals surface area contributed by atoms with Gasteiger partial charge in [-0.25, -0.2) is 0 Å². The average Bonchev–Trinajstić information content (AvgIpc) is 2.32. The number of likely N-dealkylation sites (tertiary alicyclic amines) is 1. The van der Waals surface area contributed by atoms with Gasteiger partial charge in [0.05, 0.1) is 0 Å². The summed E-state index contributed by atoms with van der Waals surface area (Å²) in [7, 11) is 0. The van der Waals surface area contributed by atoms with E-state index < -0.39 is 6.10 Å². The molecule has 0 spiro atoms. The molecule has 1 saturated heterocycles. The van der Waals surface area contributed by atoms with Crippen LogP contribution in [0.4, 0.5) is 0 Å². The molecule has 1 aliphatic carbocycles. The van der Waals surface area contributed by atoms with E-state index in [1.165, 1.54) is 12.8 Å². The summed E-state index contributed by atoms with van der Waals surface area (Å²) in [5, 5.41) is 9.09. The third-order valence-corrected chi connectivity index (χ3v) is 3.09. The SMILES string of the molecule is C[C@@H](O)C(=O)N1CC2CCCC21. The fourth-order valence-electron chi connectivity index (χ4n) is 2.38. The number of fused-ring (bicyclic) bond motifs is 1. The first kappa shape index (κ1) is 8.05. The first-order valence-corrected chi connectivity index (χ1v) is 4.68. The van der Waals surface area contributed by atoms with Crippen molar-refractivity contribution in [1.82, 2.24) is 4.90 Å². The van der Waals surface area contributed by atoms with Crippen LogP contribution in [-0.2, 0) is 4.79 Å². The zero-order chi connectivity index (χ0) is 8.72. The minimum absolute atomic E-state index is 0.0850. The Labute approximate surface area is 72.4 Å². The molecule has 68 valence electrons. The van der Waals surface area contributed by atoms with Gasteiger partial charge in [0.1, 0.15) is 6.10 Å². The van der Waals surface area contributed by atoms with Crippen molar-refractivity contribution in [2.24, 2.45) is 5.92 Å². The zero-order valence-corrected chi connectivity index (χ0v) is 7.36. The standard InChI is InChI=1S/C9H15NO2/c1-6(11)9(12)10-5-7-3-2-4-8(7)10/h6-8,11H,2-5H2,1H3/t6-,7?,8?/m1/s1. The lowest BCUT2D eigenvalue weighted by Crippen LogP contribution is -2.58. The van der Waals surface area contributed by atoms with Crippen molar-refractivity contribution >= 4 is 5.91 Å². The summed E-state index contributed by atoms with van der Waals surface area (Å²) < 4.78 is 0. The van der Waals surface area contributed by atoms with Crippen LogP contribution in [0.15, 0.2) is 0 Å². The molecule has 1 N–H and O–H groups in total. The minimum atomic E-state index is -0.813. The second kappa shape index (κ2) is 2.73. The van der Waals surface area contributed by atoms with Crippen LogP contribution in [-0.4, -0.2) is 34.6 Å². The number of aliphatic hydroxyl groups is 1. The van der Waals surface area contributed by atoms with Crippen molar-refractivity contribution in [2.75, 3.05) is 6.54 Å². The maximum atomic E-state index is 11.3. The molecule has 1 aliphatic heterocycles. The number of aliphatic hydroxyl groups excluding tert-OH is 1. The van der Waals surface area contributed by atoms with Gasteiger partial charge in [0.15, 0.2) is 0 Å². The maximum Gasteiger partial charge on any atom is 0.251 e. The molecule has 0 aromatic rings. The zero-order valence-electron chi connectivity index (χ0n) is 7.36. The highest BCUT2D eigenvalue weighted by molar-refractivity contribution is 5.81. The highest BCUT2D eigenvalue weighted by Crippen LogP contribution is 2.38. The van der Waals surface area contributed by atoms with Crippen molar-refractivity contribution < 1.29 is 9.90 Å². The number of carbonyl (C=O) groups is 1. The summed E-state index contributed by atoms with van der Waals surface area (Å²) >= 11 is 0. The van der Waals surface area contributed by atoms with E-state index in [9.17, 15) is 4.79 Å². The fourth-order valence-corrected chi connectivity index (χ4v) is 2.38. The Morgan fingerprint density at radius 3 is 2.92 bits per heavy atom. The molecule has 2 rings (SSSR count). The lowest BCUT2D eigenvalue weighted by molar-refractivity contribution is -0.150. The topological polar surface area (TPSA) is 40.5 Å². The van der Waals surface area contributed by atoms with E-state index in [1.807, 2.05) is 4.90 Å². The quantitative estimate of drug-likeness (QED) is 0.616. The lowest BCUT2D eigenvalue weighted by Gasteiger charge is -2.45. The maximum absolute atomic E-state index is 11.3. The van der Waals surface area contributed by atoms with Gasteiger partial charge in [0, 0.05) is 12.6 Å². The lowest BCUT2D eigenvalue weighted by atomic mass is 9.91. The summed E-state index contributed by atoms with van der Waals surface area (Å²) in [6, 6.07) is 0.465. The third-order valence-electron chi connectivity index (χ3n) is 3.09. The smallest absolute Gasteiger partial charge is 0.251 e. The normalized spacial score (nSPS) is 35.7. The molecule has 2 unspecified atom stereocenters. The van der Waals surface area contributed by atoms with Crippen molar-refractivity contribution in [3.63, 3.8) is 0 Å². The summed E-state index contributed by atoms with van der Waals surface area (Å²) in [5.74, 6) is 0.658. The van der Waals surface area contributed by atoms with Gasteiger partial charge in [-0.05, 0) is 25.7 Å². The van der Waals surface area contributed by atoms with Gasteiger partial charge < -0.3 is 10.0 Å². The van der Waals surface area contributed by atoms with Crippen molar-refractivity contribution in [2.45, 2.75) is 38.3 Å². The molecule has 1 saturated carbocycles. The van der Waals surface area contributed by atoms with E-state index in [2.05, 4.69) is 0 Å². The first-order valence-electron chi connectivity index (χ1n) is 4.68. The Bertz CT molecular complexity index is 203. The molecule has 12 heavy (non-hydrogen) atoms. The minimum Gasteiger partial charge on any atom is -0.384 e. The molecule has 0 aromatic carbocycles. The summed E-state index contributed by atoms with van der Waals surface area (Å²) in [6.07, 6.45) is 2.85. The molecule has 2 fully saturated rings. The Morgan fingerprint density at radius 2 is 2.33 bits per heavy atom. The van der Waals surface area contributed by atoms with Crippen LogP contribution >= 0.6 is 0 Å². The van der Waals surface area contributed by atoms with Gasteiger partial charge >= 0.3 is 0 Å². The molecule has 0 aromatic heterocycles. The second-order valence-corrected chi connectivity index (χ2v) is 3.92. The molecule has 0 bridgehead atoms. The summed E-state index contributed by atoms with van der Waals surface area (Å²) in [6.45, 7) is 2.43. The molecule has 3 atom stereocenters. The monoisotopic (exact) mass is 169 g/mol. The molecule has 3 nitrogen and oxygen atoms in total. The number of hydrogen-bond acceptors (Lipinski definition) is 2. The van der Waals surface area contributed by atoms with Crippen molar-refractivity contribution in [1.29, 1.82) is 0 Å². The highest BCUT2D eigenvalue weighted by atomic mass is 16.3. The van der Waals surface area contributed by atoms with Crippen LogP contribution < -0.4 is 0 Å². The van der Waals surface area contributed by atoms with E-state index in [0.29, 0.717) is 6.04 Å². The molecular weight excluding hydrogens is 154 g/mol. The number of carbonyl (C=O) groups excluding carboxylic acids is 1. The van der Waals surface area contributed by atoms with Crippen molar-refractivity contribution in [3.8, 4) is 0 Å². The average molecular weight is 169 g/mol. The van der Waals surface area contributed by atoms with Crippen molar-refractivity contribution in [3.05, 3.63) is 0 Å². The van der Waals surface area contributed by atoms with Gasteiger partial charge in [-0.3, -0.25) is 4.79 Å². The Hall–Kier alpha value is -0.570. The van der Waals surface area contributed by atoms with Gasteiger partial charge in [0.2, 0.25) is 0 Å². The fraction of sp³-hybridized carbons (Fsp3) is 0.889. The van der Waals surface area contributed by atoms with E-state index in [0.717, 1.165) is 18.9 Å². The highest BCUT2D eigenvalue weighted by Gasteiger charge is 2.44. The number of nitrogens with zero attached hydrogens (tertiary/aromatic N) is 1. The largest absolute Gasteiger partial charge is 0.384 e. The predicted molar refractivity (Wildman–Crippen MR) is 44.5 cm³/mol. The van der Waals surface area contributed by atoms with Gasteiger partial charge in [-0.2, -0.15) is 0 Å². The molecule has 1 amide bonds. The van der Waals surface area contributed by atoms with E-state index in [4.69, 9.17) is 5.11 Å². The van der Waals surface area contributed by atoms with E-state index in [-0.39, 0.29) is 5.91 Å². The number of amides is 1. The Morgan fingerprint density at radius 1 is 1.58 bits per heavy atom. The van der Waals surface area contributed by atoms with Crippen LogP contribution in [0.3, 0.4) is 0 Å². The van der Waals surface area contributed by atoms with Crippen LogP contribution in [0.2, 0.25) is 0 Å². The summed E-state index contributed by atoms with van der Waals surface area (Å²) in [5.41, 5.74) is 0. The van der Waals surface area contributed by atoms with Crippen LogP contribution in [0.25, 0.3) is 0 Å². The molecule has 3 heteroatoms. The van der Waals surface area contributed by atoms with Gasteiger partial charge in [-0.1, -0.05) is 6.42 Å². The van der Waals surface area contributed by atoms with Gasteiger partial charge in [-0.15, -0.1) is 0 Å². The summed E-state index contributed by atoms with van der Waals surface area (Å²) in [4.78, 5) is 13.2. The van der Waals surface area contributed by atoms with Crippen LogP contribution in [0.5, 0.6) is 0 Å². The predicted octanol–water partition coefficient (Wildman–Crippen LogP) is 0.378. The molecule has 2 aliphatic rings. The van der Waals surface area contributed by atoms with Crippen LogP contribution in [0.1, 0.15) is 26.2 Å². The van der Waals surface area contributed by atoms with E-state index in [1.54, 1.807) is 6.92 Å². The van der Waals surface area contributed by atoms with Gasteiger partial charge in [0.25, 0.3) is 5.91 Å². The second-order valence-electron chi connectivity index (χ2n) is 3.92.